The van der Waals surface area contributed by atoms with E-state index in [-0.39, 0.29) is 37.7 Å². The van der Waals surface area contributed by atoms with Crippen LogP contribution in [0.25, 0.3) is 0 Å². The molecule has 0 fully saturated rings. The van der Waals surface area contributed by atoms with Gasteiger partial charge in [-0.3, -0.25) is 0 Å². The van der Waals surface area contributed by atoms with E-state index in [2.05, 4.69) is 27.7 Å². The molecule has 0 saturated heterocycles. The van der Waals surface area contributed by atoms with Crippen LogP contribution in [0.5, 0.6) is 0 Å². The average Bonchev–Trinajstić information content (AvgIpc) is 1.36. The smallest absolute Gasteiger partial charge is 0 e. The van der Waals surface area contributed by atoms with E-state index in [1.54, 1.807) is 0 Å². The predicted octanol–water partition coefficient (Wildman–Crippen LogP) is 3.08. The molecule has 54 valence electrons. The Balaban J connectivity index is -0.0000000750. The van der Waals surface area contributed by atoms with Gasteiger partial charge in [-0.15, -0.1) is 0 Å². The van der Waals surface area contributed by atoms with Crippen LogP contribution in [0.2, 0.25) is 0 Å². The summed E-state index contributed by atoms with van der Waals surface area (Å²) < 4.78 is 0. The molecule has 0 saturated carbocycles. The van der Waals surface area contributed by atoms with Gasteiger partial charge in [0.05, 0.1) is 0 Å². The van der Waals surface area contributed by atoms with Gasteiger partial charge in [0, 0.05) is 37.7 Å². The molecule has 0 aromatic heterocycles. The minimum atomic E-state index is 0. The number of hydrogen-bond acceptors (Lipinski definition) is 0. The molecule has 0 heterocycles. The van der Waals surface area contributed by atoms with Crippen LogP contribution in [-0.2, 0) is 0 Å². The van der Waals surface area contributed by atoms with Crippen LogP contribution in [0.4, 0.5) is 0 Å². The zero-order valence-corrected chi connectivity index (χ0v) is 7.56. The maximum Gasteiger partial charge on any atom is 0 e. The molecule has 0 N–H and O–H groups in total. The summed E-state index contributed by atoms with van der Waals surface area (Å²) in [6, 6.07) is 0. The van der Waals surface area contributed by atoms with Gasteiger partial charge in [0.1, 0.15) is 0 Å². The van der Waals surface area contributed by atoms with Gasteiger partial charge in [-0.1, -0.05) is 41.5 Å². The molecule has 0 bridgehead atoms. The Bertz CT molecular complexity index is 19.9. The second-order valence-corrected chi connectivity index (χ2v) is 3.00. The van der Waals surface area contributed by atoms with E-state index in [4.69, 9.17) is 0 Å². The Labute approximate surface area is 84.1 Å². The fourth-order valence-electron chi connectivity index (χ4n) is 0. The van der Waals surface area contributed by atoms with Crippen molar-refractivity contribution in [2.75, 3.05) is 0 Å². The molecular formula is C7H18Ar. The van der Waals surface area contributed by atoms with Gasteiger partial charge >= 0.3 is 0 Å². The van der Waals surface area contributed by atoms with Gasteiger partial charge in [-0.05, 0) is 5.41 Å². The Kier molecular flexibility index (Phi) is 16.6. The van der Waals surface area contributed by atoms with Gasteiger partial charge in [-0.2, -0.15) is 0 Å². The average molecular weight is 142 g/mol. The summed E-state index contributed by atoms with van der Waals surface area (Å²) >= 11 is 0. The van der Waals surface area contributed by atoms with E-state index in [1.165, 1.54) is 0 Å². The van der Waals surface area contributed by atoms with E-state index >= 15 is 0 Å². The van der Waals surface area contributed by atoms with E-state index in [0.717, 1.165) is 0 Å². The third kappa shape index (κ3) is 179. The molecule has 0 amide bonds. The Hall–Kier alpha value is 1.26. The Morgan fingerprint density at radius 3 is 0.750 bits per heavy atom. The third-order valence-electron chi connectivity index (χ3n) is 0. The topological polar surface area (TPSA) is 0 Å². The van der Waals surface area contributed by atoms with Crippen LogP contribution in [0.15, 0.2) is 0 Å². The SMILES string of the molecule is CC.CC(C)(C)C.[Ar]. The molecule has 0 aliphatic rings. The summed E-state index contributed by atoms with van der Waals surface area (Å²) in [5, 5.41) is 0. The molecule has 8 heavy (non-hydrogen) atoms. The zero-order valence-electron chi connectivity index (χ0n) is 6.85. The molecule has 0 aliphatic carbocycles. The van der Waals surface area contributed by atoms with Crippen molar-refractivity contribution in [2.24, 2.45) is 5.41 Å². The van der Waals surface area contributed by atoms with Crippen molar-refractivity contribution in [3.05, 3.63) is 0 Å². The van der Waals surface area contributed by atoms with Crippen molar-refractivity contribution in [3.63, 3.8) is 0 Å². The van der Waals surface area contributed by atoms with E-state index in [1.807, 2.05) is 13.8 Å². The molecular weight excluding hydrogens is 124 g/mol. The van der Waals surface area contributed by atoms with Crippen molar-refractivity contribution in [2.45, 2.75) is 41.5 Å². The van der Waals surface area contributed by atoms with Gasteiger partial charge < -0.3 is 0 Å². The van der Waals surface area contributed by atoms with Crippen molar-refractivity contribution in [1.82, 2.24) is 0 Å². The van der Waals surface area contributed by atoms with Crippen LogP contribution >= 0.6 is 0 Å². The van der Waals surface area contributed by atoms with Crippen LogP contribution in [0.3, 0.4) is 0 Å². The van der Waals surface area contributed by atoms with Crippen LogP contribution in [0.1, 0.15) is 41.5 Å². The molecule has 0 unspecified atom stereocenters. The fourth-order valence-corrected chi connectivity index (χ4v) is 0. The van der Waals surface area contributed by atoms with Crippen molar-refractivity contribution < 1.29 is 37.7 Å². The number of rotatable bonds is 0. The van der Waals surface area contributed by atoms with Gasteiger partial charge in [-0.25, -0.2) is 0 Å². The van der Waals surface area contributed by atoms with Gasteiger partial charge in [0.15, 0.2) is 0 Å². The Morgan fingerprint density at radius 2 is 0.750 bits per heavy atom. The van der Waals surface area contributed by atoms with E-state index in [0.29, 0.717) is 5.41 Å². The first-order chi connectivity index (χ1) is 3.00. The van der Waals surface area contributed by atoms with Crippen LogP contribution < -0.4 is 0 Å². The molecule has 0 aromatic carbocycles. The molecule has 0 spiro atoms. The Morgan fingerprint density at radius 1 is 0.750 bits per heavy atom. The second-order valence-electron chi connectivity index (χ2n) is 3.00. The summed E-state index contributed by atoms with van der Waals surface area (Å²) in [7, 11) is 0. The second kappa shape index (κ2) is 8.26. The van der Waals surface area contributed by atoms with Gasteiger partial charge in [0.25, 0.3) is 0 Å². The quantitative estimate of drug-likeness (QED) is 0.487. The summed E-state index contributed by atoms with van der Waals surface area (Å²) in [6.07, 6.45) is 0. The standard InChI is InChI=1S/C5H12.C2H6.Ar/c1-5(2,3)4;1-2;/h1-4H3;1-2H3;. The molecule has 0 rings (SSSR count). The third-order valence-corrected chi connectivity index (χ3v) is 0. The van der Waals surface area contributed by atoms with E-state index in [9.17, 15) is 0 Å². The first-order valence-corrected chi connectivity index (χ1v) is 3.00. The van der Waals surface area contributed by atoms with Crippen molar-refractivity contribution in [3.8, 4) is 0 Å². The minimum Gasteiger partial charge on any atom is -0.0683 e. The normalized spacial score (nSPS) is 8.25. The maximum absolute atomic E-state index is 2.19. The molecule has 0 aromatic rings. The van der Waals surface area contributed by atoms with Crippen molar-refractivity contribution in [1.29, 1.82) is 0 Å². The first kappa shape index (κ1) is 16.1. The summed E-state index contributed by atoms with van der Waals surface area (Å²) in [4.78, 5) is 0. The predicted molar refractivity (Wildman–Crippen MR) is 36.5 cm³/mol. The summed E-state index contributed by atoms with van der Waals surface area (Å²) in [5.41, 5.74) is 0.500. The van der Waals surface area contributed by atoms with Crippen molar-refractivity contribution >= 4 is 0 Å². The summed E-state index contributed by atoms with van der Waals surface area (Å²) in [5.74, 6) is 0. The largest absolute Gasteiger partial charge is 0.0683 e. The monoisotopic (exact) mass is 142 g/mol. The molecule has 1 heteroatoms. The molecule has 0 nitrogen and oxygen atoms in total. The summed E-state index contributed by atoms with van der Waals surface area (Å²) in [6.45, 7) is 12.8. The fraction of sp³-hybridized carbons (Fsp3) is 1.00. The number of hydrogen-bond donors (Lipinski definition) is 0. The minimum absolute atomic E-state index is 0. The molecule has 0 atom stereocenters. The first-order valence-electron chi connectivity index (χ1n) is 3.00. The van der Waals surface area contributed by atoms with Crippen LogP contribution in [0, 0.1) is 43.2 Å². The molecule has 0 radical (unpaired) electrons. The van der Waals surface area contributed by atoms with Gasteiger partial charge in [0.2, 0.25) is 0 Å². The zero-order chi connectivity index (χ0) is 6.50. The maximum atomic E-state index is 2.19. The van der Waals surface area contributed by atoms with Crippen LogP contribution in [-0.4, -0.2) is 0 Å². The molecule has 0 aliphatic heterocycles. The van der Waals surface area contributed by atoms with E-state index < -0.39 is 0 Å².